The number of nitriles is 1. The molecule has 0 bridgehead atoms. The number of likely N-dealkylation sites (tertiary alicyclic amines) is 1. The highest BCUT2D eigenvalue weighted by Gasteiger charge is 2.38. The van der Waals surface area contributed by atoms with Gasteiger partial charge in [0.1, 0.15) is 6.54 Å². The molecule has 0 radical (unpaired) electrons. The quantitative estimate of drug-likeness (QED) is 0.720. The summed E-state index contributed by atoms with van der Waals surface area (Å²) in [5, 5.41) is 10.9. The van der Waals surface area contributed by atoms with Crippen LogP contribution in [0.1, 0.15) is 32.1 Å². The summed E-state index contributed by atoms with van der Waals surface area (Å²) in [5.41, 5.74) is 0. The summed E-state index contributed by atoms with van der Waals surface area (Å²) in [4.78, 5) is 25.4. The highest BCUT2D eigenvalue weighted by atomic mass is 16.2. The highest BCUT2D eigenvalue weighted by Crippen LogP contribution is 2.29. The van der Waals surface area contributed by atoms with Crippen LogP contribution >= 0.6 is 0 Å². The molecule has 2 fully saturated rings. The second-order valence-corrected chi connectivity index (χ2v) is 4.76. The number of nitrogens with one attached hydrogen (secondary N) is 1. The molecular weight excluding hydrogens is 218 g/mol. The van der Waals surface area contributed by atoms with E-state index in [1.165, 1.54) is 12.8 Å². The van der Waals surface area contributed by atoms with Crippen molar-refractivity contribution in [2.24, 2.45) is 5.92 Å². The zero-order chi connectivity index (χ0) is 12.3. The van der Waals surface area contributed by atoms with Crippen molar-refractivity contribution in [1.82, 2.24) is 10.2 Å². The van der Waals surface area contributed by atoms with Crippen molar-refractivity contribution < 1.29 is 9.59 Å². The fraction of sp³-hybridized carbons (Fsp3) is 0.750. The Kier molecular flexibility index (Phi) is 3.62. The summed E-state index contributed by atoms with van der Waals surface area (Å²) in [6.07, 6.45) is 4.80. The monoisotopic (exact) mass is 235 g/mol. The SMILES string of the molecule is N#CCNC(=O)[C@@H]1CC(=O)N(C2CCCC2)C1. The molecule has 1 saturated heterocycles. The normalized spacial score (nSPS) is 25.0. The van der Waals surface area contributed by atoms with Crippen molar-refractivity contribution in [3.05, 3.63) is 0 Å². The van der Waals surface area contributed by atoms with Crippen molar-refractivity contribution in [2.75, 3.05) is 13.1 Å². The first kappa shape index (κ1) is 11.9. The van der Waals surface area contributed by atoms with Gasteiger partial charge in [0, 0.05) is 19.0 Å². The molecule has 1 N–H and O–H groups in total. The molecule has 1 aliphatic carbocycles. The first-order valence-corrected chi connectivity index (χ1v) is 6.16. The Hall–Kier alpha value is -1.57. The van der Waals surface area contributed by atoms with Gasteiger partial charge in [0.15, 0.2) is 0 Å². The van der Waals surface area contributed by atoms with Gasteiger partial charge in [-0.15, -0.1) is 0 Å². The van der Waals surface area contributed by atoms with Crippen LogP contribution in [0, 0.1) is 17.2 Å². The number of nitrogens with zero attached hydrogens (tertiary/aromatic N) is 2. The maximum absolute atomic E-state index is 11.8. The minimum Gasteiger partial charge on any atom is -0.343 e. The van der Waals surface area contributed by atoms with Gasteiger partial charge in [-0.3, -0.25) is 9.59 Å². The van der Waals surface area contributed by atoms with Crippen LogP contribution in [0.2, 0.25) is 0 Å². The number of amides is 2. The molecule has 0 aromatic heterocycles. The van der Waals surface area contributed by atoms with Crippen molar-refractivity contribution in [3.8, 4) is 6.07 Å². The van der Waals surface area contributed by atoms with Crippen LogP contribution in [0.25, 0.3) is 0 Å². The fourth-order valence-corrected chi connectivity index (χ4v) is 2.75. The second-order valence-electron chi connectivity index (χ2n) is 4.76. The summed E-state index contributed by atoms with van der Waals surface area (Å²) >= 11 is 0. The Labute approximate surface area is 101 Å². The molecule has 2 aliphatic rings. The van der Waals surface area contributed by atoms with Gasteiger partial charge in [0.05, 0.1) is 12.0 Å². The van der Waals surface area contributed by atoms with Gasteiger partial charge in [0.2, 0.25) is 11.8 Å². The summed E-state index contributed by atoms with van der Waals surface area (Å²) in [5.74, 6) is -0.342. The molecule has 1 saturated carbocycles. The second kappa shape index (κ2) is 5.17. The van der Waals surface area contributed by atoms with E-state index < -0.39 is 0 Å². The summed E-state index contributed by atoms with van der Waals surface area (Å²) < 4.78 is 0. The number of hydrogen-bond donors (Lipinski definition) is 1. The molecule has 17 heavy (non-hydrogen) atoms. The summed E-state index contributed by atoms with van der Waals surface area (Å²) in [6.45, 7) is 0.549. The van der Waals surface area contributed by atoms with E-state index in [0.29, 0.717) is 19.0 Å². The van der Waals surface area contributed by atoms with E-state index in [1.807, 2.05) is 11.0 Å². The van der Waals surface area contributed by atoms with Gasteiger partial charge >= 0.3 is 0 Å². The van der Waals surface area contributed by atoms with Crippen LogP contribution in [-0.2, 0) is 9.59 Å². The van der Waals surface area contributed by atoms with Crippen molar-refractivity contribution in [3.63, 3.8) is 0 Å². The van der Waals surface area contributed by atoms with E-state index in [2.05, 4.69) is 5.32 Å². The van der Waals surface area contributed by atoms with Gasteiger partial charge in [0.25, 0.3) is 0 Å². The van der Waals surface area contributed by atoms with Crippen molar-refractivity contribution >= 4 is 11.8 Å². The van der Waals surface area contributed by atoms with Gasteiger partial charge in [-0.2, -0.15) is 5.26 Å². The molecule has 2 amide bonds. The van der Waals surface area contributed by atoms with E-state index in [9.17, 15) is 9.59 Å². The van der Waals surface area contributed by atoms with Crippen molar-refractivity contribution in [1.29, 1.82) is 5.26 Å². The zero-order valence-corrected chi connectivity index (χ0v) is 9.82. The third kappa shape index (κ3) is 2.57. The maximum Gasteiger partial charge on any atom is 0.226 e. The average Bonchev–Trinajstić information content (AvgIpc) is 2.94. The lowest BCUT2D eigenvalue weighted by Crippen LogP contribution is -2.37. The fourth-order valence-electron chi connectivity index (χ4n) is 2.75. The average molecular weight is 235 g/mol. The Morgan fingerprint density at radius 1 is 1.47 bits per heavy atom. The van der Waals surface area contributed by atoms with Gasteiger partial charge in [-0.1, -0.05) is 12.8 Å². The van der Waals surface area contributed by atoms with Gasteiger partial charge < -0.3 is 10.2 Å². The first-order valence-electron chi connectivity index (χ1n) is 6.16. The molecule has 0 aromatic rings. The molecule has 0 aromatic carbocycles. The minimum absolute atomic E-state index is 0.0208. The number of rotatable bonds is 3. The molecule has 92 valence electrons. The lowest BCUT2D eigenvalue weighted by atomic mass is 10.1. The lowest BCUT2D eigenvalue weighted by molar-refractivity contribution is -0.130. The predicted octanol–water partition coefficient (Wildman–Crippen LogP) is 0.417. The lowest BCUT2D eigenvalue weighted by Gasteiger charge is -2.23. The number of carbonyl (C=O) groups excluding carboxylic acids is 2. The van der Waals surface area contributed by atoms with E-state index in [-0.39, 0.29) is 24.3 Å². The molecule has 5 nitrogen and oxygen atoms in total. The predicted molar refractivity (Wildman–Crippen MR) is 60.7 cm³/mol. The van der Waals surface area contributed by atoms with Gasteiger partial charge in [-0.25, -0.2) is 0 Å². The van der Waals surface area contributed by atoms with E-state index in [0.717, 1.165) is 12.8 Å². The smallest absolute Gasteiger partial charge is 0.226 e. The Morgan fingerprint density at radius 3 is 2.82 bits per heavy atom. The summed E-state index contributed by atoms with van der Waals surface area (Å²) in [6, 6.07) is 2.21. The molecule has 0 spiro atoms. The Morgan fingerprint density at radius 2 is 2.18 bits per heavy atom. The first-order chi connectivity index (χ1) is 8.22. The topological polar surface area (TPSA) is 73.2 Å². The third-order valence-electron chi connectivity index (χ3n) is 3.64. The third-order valence-corrected chi connectivity index (χ3v) is 3.64. The molecule has 1 atom stereocenters. The van der Waals surface area contributed by atoms with Gasteiger partial charge in [-0.05, 0) is 12.8 Å². The molecule has 0 unspecified atom stereocenters. The summed E-state index contributed by atoms with van der Waals surface area (Å²) in [7, 11) is 0. The molecule has 1 heterocycles. The van der Waals surface area contributed by atoms with Crippen LogP contribution in [0.15, 0.2) is 0 Å². The van der Waals surface area contributed by atoms with Crippen LogP contribution in [0.5, 0.6) is 0 Å². The Bertz CT molecular complexity index is 355. The molecule has 5 heteroatoms. The van der Waals surface area contributed by atoms with Crippen LogP contribution in [0.4, 0.5) is 0 Å². The maximum atomic E-state index is 11.8. The van der Waals surface area contributed by atoms with Crippen LogP contribution in [-0.4, -0.2) is 35.8 Å². The van der Waals surface area contributed by atoms with Crippen LogP contribution in [0.3, 0.4) is 0 Å². The van der Waals surface area contributed by atoms with Crippen LogP contribution < -0.4 is 5.32 Å². The minimum atomic E-state index is -0.267. The standard InChI is InChI=1S/C12H17N3O2/c13-5-6-14-12(17)9-7-11(16)15(8-9)10-3-1-2-4-10/h9-10H,1-4,6-8H2,(H,14,17)/t9-/m1/s1. The molecule has 2 rings (SSSR count). The largest absolute Gasteiger partial charge is 0.343 e. The molecule has 1 aliphatic heterocycles. The van der Waals surface area contributed by atoms with E-state index >= 15 is 0 Å². The van der Waals surface area contributed by atoms with Crippen molar-refractivity contribution in [2.45, 2.75) is 38.1 Å². The highest BCUT2D eigenvalue weighted by molar-refractivity contribution is 5.89. The van der Waals surface area contributed by atoms with E-state index in [1.54, 1.807) is 0 Å². The number of carbonyl (C=O) groups is 2. The molecular formula is C12H17N3O2. The van der Waals surface area contributed by atoms with E-state index in [4.69, 9.17) is 5.26 Å². The number of hydrogen-bond acceptors (Lipinski definition) is 3. The Balaban J connectivity index is 1.90. The zero-order valence-electron chi connectivity index (χ0n) is 9.82.